The van der Waals surface area contributed by atoms with E-state index in [1.807, 2.05) is 36.4 Å². The van der Waals surface area contributed by atoms with Crippen molar-refractivity contribution in [3.63, 3.8) is 0 Å². The summed E-state index contributed by atoms with van der Waals surface area (Å²) < 4.78 is 11.6. The molecule has 0 N–H and O–H groups in total. The largest absolute Gasteiger partial charge is 0.402 e. The second-order valence-corrected chi connectivity index (χ2v) is 6.95. The summed E-state index contributed by atoms with van der Waals surface area (Å²) in [6, 6.07) is 15.6. The highest BCUT2D eigenvalue weighted by Gasteiger charge is 2.24. The van der Waals surface area contributed by atoms with E-state index in [1.165, 1.54) is 0 Å². The third-order valence-corrected chi connectivity index (χ3v) is 4.76. The minimum atomic E-state index is -0.433. The molecular formula is C20H17BrN2O3. The molecule has 0 radical (unpaired) electrons. The molecule has 4 rings (SSSR count). The number of cyclic esters (lactones) is 1. The molecule has 0 saturated carbocycles. The van der Waals surface area contributed by atoms with E-state index in [-0.39, 0.29) is 0 Å². The van der Waals surface area contributed by atoms with Gasteiger partial charge in [0.05, 0.1) is 13.2 Å². The van der Waals surface area contributed by atoms with Crippen LogP contribution in [0.1, 0.15) is 11.1 Å². The Morgan fingerprint density at radius 2 is 1.85 bits per heavy atom. The highest BCUT2D eigenvalue weighted by Crippen LogP contribution is 2.22. The Morgan fingerprint density at radius 3 is 2.58 bits per heavy atom. The van der Waals surface area contributed by atoms with E-state index in [4.69, 9.17) is 9.47 Å². The highest BCUT2D eigenvalue weighted by atomic mass is 79.9. The van der Waals surface area contributed by atoms with Crippen LogP contribution in [0.25, 0.3) is 6.08 Å². The number of hydrogen-bond acceptors (Lipinski definition) is 5. The summed E-state index contributed by atoms with van der Waals surface area (Å²) in [7, 11) is 0. The summed E-state index contributed by atoms with van der Waals surface area (Å²) in [6.45, 7) is 3.30. The second-order valence-electron chi connectivity index (χ2n) is 6.04. The first-order valence-corrected chi connectivity index (χ1v) is 9.20. The molecule has 2 aromatic carbocycles. The molecule has 0 aromatic heterocycles. The van der Waals surface area contributed by atoms with E-state index in [2.05, 4.69) is 38.0 Å². The monoisotopic (exact) mass is 412 g/mol. The summed E-state index contributed by atoms with van der Waals surface area (Å²) in [5.41, 5.74) is 3.13. The maximum Gasteiger partial charge on any atom is 0.363 e. The van der Waals surface area contributed by atoms with Gasteiger partial charge in [0.2, 0.25) is 5.90 Å². The van der Waals surface area contributed by atoms with Crippen LogP contribution in [0.5, 0.6) is 0 Å². The van der Waals surface area contributed by atoms with E-state index in [1.54, 1.807) is 6.08 Å². The van der Waals surface area contributed by atoms with E-state index >= 15 is 0 Å². The number of hydrogen-bond donors (Lipinski definition) is 0. The van der Waals surface area contributed by atoms with Crippen LogP contribution >= 0.6 is 15.9 Å². The average Bonchev–Trinajstić information content (AvgIpc) is 3.04. The molecule has 26 heavy (non-hydrogen) atoms. The predicted molar refractivity (Wildman–Crippen MR) is 104 cm³/mol. The van der Waals surface area contributed by atoms with Crippen molar-refractivity contribution in [3.05, 3.63) is 69.8 Å². The SMILES string of the molecule is O=C1OC(c2cccc(Br)c2)=N/C1=C/c1ccc(N2CCOCC2)cc1. The van der Waals surface area contributed by atoms with Gasteiger partial charge >= 0.3 is 5.97 Å². The molecule has 6 heteroatoms. The Hall–Kier alpha value is -2.44. The zero-order chi connectivity index (χ0) is 17.9. The Bertz CT molecular complexity index is 884. The molecule has 132 valence electrons. The van der Waals surface area contributed by atoms with Gasteiger partial charge in [-0.1, -0.05) is 34.1 Å². The van der Waals surface area contributed by atoms with Gasteiger partial charge in [-0.25, -0.2) is 9.79 Å². The highest BCUT2D eigenvalue weighted by molar-refractivity contribution is 9.10. The number of halogens is 1. The van der Waals surface area contributed by atoms with Gasteiger partial charge in [0.15, 0.2) is 5.70 Å². The molecular weight excluding hydrogens is 396 g/mol. The van der Waals surface area contributed by atoms with Crippen LogP contribution in [0, 0.1) is 0 Å². The van der Waals surface area contributed by atoms with E-state index in [9.17, 15) is 4.79 Å². The summed E-state index contributed by atoms with van der Waals surface area (Å²) >= 11 is 3.41. The van der Waals surface area contributed by atoms with Crippen molar-refractivity contribution in [2.75, 3.05) is 31.2 Å². The third-order valence-electron chi connectivity index (χ3n) is 4.26. The van der Waals surface area contributed by atoms with Gasteiger partial charge in [0.25, 0.3) is 0 Å². The number of morpholine rings is 1. The zero-order valence-corrected chi connectivity index (χ0v) is 15.6. The molecule has 1 fully saturated rings. The molecule has 2 aliphatic heterocycles. The fourth-order valence-corrected chi connectivity index (χ4v) is 3.31. The molecule has 0 bridgehead atoms. The predicted octanol–water partition coefficient (Wildman–Crippen LogP) is 3.63. The number of esters is 1. The number of ether oxygens (including phenoxy) is 2. The topological polar surface area (TPSA) is 51.1 Å². The maximum absolute atomic E-state index is 12.1. The van der Waals surface area contributed by atoms with E-state index in [0.717, 1.165) is 47.6 Å². The first kappa shape index (κ1) is 17.0. The zero-order valence-electron chi connectivity index (χ0n) is 14.0. The fourth-order valence-electron chi connectivity index (χ4n) is 2.91. The van der Waals surface area contributed by atoms with Gasteiger partial charge in [-0.3, -0.25) is 0 Å². The van der Waals surface area contributed by atoms with Gasteiger partial charge in [-0.05, 0) is 42.0 Å². The Balaban J connectivity index is 1.54. The van der Waals surface area contributed by atoms with E-state index in [0.29, 0.717) is 11.6 Å². The molecule has 0 aliphatic carbocycles. The standard InChI is InChI=1S/C20H17BrN2O3/c21-16-3-1-2-15(13-16)19-22-18(20(24)26-19)12-14-4-6-17(7-5-14)23-8-10-25-11-9-23/h1-7,12-13H,8-11H2/b18-12+. The minimum absolute atomic E-state index is 0.305. The normalized spacial score (nSPS) is 18.8. The van der Waals surface area contributed by atoms with Crippen molar-refractivity contribution in [1.29, 1.82) is 0 Å². The van der Waals surface area contributed by atoms with Crippen LogP contribution in [-0.4, -0.2) is 38.2 Å². The van der Waals surface area contributed by atoms with Crippen molar-refractivity contribution in [2.24, 2.45) is 4.99 Å². The number of carbonyl (C=O) groups is 1. The third kappa shape index (κ3) is 3.71. The van der Waals surface area contributed by atoms with Gasteiger partial charge < -0.3 is 14.4 Å². The summed E-state index contributed by atoms with van der Waals surface area (Å²) in [6.07, 6.45) is 1.75. The number of aliphatic imine (C=N–C) groups is 1. The second kappa shape index (κ2) is 7.43. The average molecular weight is 413 g/mol. The molecule has 0 atom stereocenters. The number of benzene rings is 2. The maximum atomic E-state index is 12.1. The minimum Gasteiger partial charge on any atom is -0.402 e. The van der Waals surface area contributed by atoms with Crippen LogP contribution in [-0.2, 0) is 14.3 Å². The summed E-state index contributed by atoms with van der Waals surface area (Å²) in [5.74, 6) is -0.107. The molecule has 2 heterocycles. The molecule has 2 aromatic rings. The quantitative estimate of drug-likeness (QED) is 0.570. The van der Waals surface area contributed by atoms with Gasteiger partial charge in [0.1, 0.15) is 0 Å². The Kier molecular flexibility index (Phi) is 4.86. The number of carbonyl (C=O) groups excluding carboxylic acids is 1. The van der Waals surface area contributed by atoms with Crippen molar-refractivity contribution in [1.82, 2.24) is 0 Å². The molecule has 0 amide bonds. The van der Waals surface area contributed by atoms with Crippen molar-refractivity contribution >= 4 is 39.6 Å². The number of nitrogens with zero attached hydrogens (tertiary/aromatic N) is 2. The Morgan fingerprint density at radius 1 is 1.08 bits per heavy atom. The smallest absolute Gasteiger partial charge is 0.363 e. The first-order valence-electron chi connectivity index (χ1n) is 8.40. The van der Waals surface area contributed by atoms with Crippen LogP contribution in [0.15, 0.2) is 63.7 Å². The summed E-state index contributed by atoms with van der Waals surface area (Å²) in [4.78, 5) is 18.8. The lowest BCUT2D eigenvalue weighted by Crippen LogP contribution is -2.36. The van der Waals surface area contributed by atoms with E-state index < -0.39 is 5.97 Å². The molecule has 5 nitrogen and oxygen atoms in total. The van der Waals surface area contributed by atoms with Crippen LogP contribution in [0.2, 0.25) is 0 Å². The Labute approximate surface area is 160 Å². The molecule has 0 spiro atoms. The van der Waals surface area contributed by atoms with Crippen LogP contribution in [0.4, 0.5) is 5.69 Å². The summed E-state index contributed by atoms with van der Waals surface area (Å²) in [5, 5.41) is 0. The first-order chi connectivity index (χ1) is 12.7. The van der Waals surface area contributed by atoms with Crippen molar-refractivity contribution < 1.29 is 14.3 Å². The van der Waals surface area contributed by atoms with Crippen LogP contribution < -0.4 is 4.90 Å². The fraction of sp³-hybridized carbons (Fsp3) is 0.200. The van der Waals surface area contributed by atoms with Crippen molar-refractivity contribution in [3.8, 4) is 0 Å². The van der Waals surface area contributed by atoms with Gasteiger partial charge in [0, 0.05) is 28.8 Å². The number of rotatable bonds is 3. The molecule has 2 aliphatic rings. The molecule has 1 saturated heterocycles. The lowest BCUT2D eigenvalue weighted by molar-refractivity contribution is -0.129. The number of anilines is 1. The van der Waals surface area contributed by atoms with Crippen LogP contribution in [0.3, 0.4) is 0 Å². The lowest BCUT2D eigenvalue weighted by Gasteiger charge is -2.28. The lowest BCUT2D eigenvalue weighted by atomic mass is 10.1. The van der Waals surface area contributed by atoms with Gasteiger partial charge in [-0.15, -0.1) is 0 Å². The van der Waals surface area contributed by atoms with Crippen molar-refractivity contribution in [2.45, 2.75) is 0 Å². The molecule has 0 unspecified atom stereocenters. The van der Waals surface area contributed by atoms with Gasteiger partial charge in [-0.2, -0.15) is 0 Å².